The molecule has 1 fully saturated rings. The Balaban J connectivity index is 1.98. The van der Waals surface area contributed by atoms with E-state index in [2.05, 4.69) is 20.3 Å². The van der Waals surface area contributed by atoms with E-state index >= 15 is 0 Å². The van der Waals surface area contributed by atoms with Crippen LogP contribution in [-0.4, -0.2) is 54.5 Å². The van der Waals surface area contributed by atoms with Gasteiger partial charge in [-0.1, -0.05) is 20.8 Å². The van der Waals surface area contributed by atoms with Crippen LogP contribution in [0.2, 0.25) is 5.28 Å². The number of halogens is 1. The summed E-state index contributed by atoms with van der Waals surface area (Å²) in [4.78, 5) is 24.7. The Kier molecular flexibility index (Phi) is 4.67. The van der Waals surface area contributed by atoms with Crippen LogP contribution in [0.4, 0.5) is 5.82 Å². The molecule has 1 saturated heterocycles. The molecule has 10 heteroatoms. The Morgan fingerprint density at radius 3 is 2.80 bits per heavy atom. The zero-order valence-electron chi connectivity index (χ0n) is 14.1. The highest BCUT2D eigenvalue weighted by atomic mass is 35.5. The minimum Gasteiger partial charge on any atom is -0.394 e. The number of fused-ring (bicyclic) bond motifs is 1. The minimum absolute atomic E-state index is 0.0456. The van der Waals surface area contributed by atoms with E-state index in [1.807, 2.05) is 0 Å². The monoisotopic (exact) mass is 369 g/mol. The lowest BCUT2D eigenvalue weighted by molar-refractivity contribution is -0.123. The summed E-state index contributed by atoms with van der Waals surface area (Å²) >= 11 is 6.00. The Hall–Kier alpha value is -1.81. The lowest BCUT2D eigenvalue weighted by Gasteiger charge is -2.17. The SMILES string of the molecule is CC(C)(C)C(=O)Nc1nc(Cl)nc2c1ncn2[C@H]1C[C@H](O)[C@@H](CO)O1. The van der Waals surface area contributed by atoms with Crippen molar-refractivity contribution in [2.24, 2.45) is 5.41 Å². The summed E-state index contributed by atoms with van der Waals surface area (Å²) in [6.45, 7) is 5.06. The molecule has 1 aliphatic rings. The second kappa shape index (κ2) is 6.49. The fourth-order valence-electron chi connectivity index (χ4n) is 2.53. The Labute approximate surface area is 149 Å². The number of imidazole rings is 1. The molecule has 9 nitrogen and oxygen atoms in total. The fourth-order valence-corrected chi connectivity index (χ4v) is 2.70. The third kappa shape index (κ3) is 3.45. The van der Waals surface area contributed by atoms with Gasteiger partial charge in [0.15, 0.2) is 17.0 Å². The van der Waals surface area contributed by atoms with E-state index in [1.54, 1.807) is 25.3 Å². The highest BCUT2D eigenvalue weighted by Gasteiger charge is 2.35. The van der Waals surface area contributed by atoms with Gasteiger partial charge in [0.1, 0.15) is 12.3 Å². The molecule has 1 aliphatic heterocycles. The van der Waals surface area contributed by atoms with Gasteiger partial charge >= 0.3 is 0 Å². The van der Waals surface area contributed by atoms with Gasteiger partial charge in [0, 0.05) is 11.8 Å². The highest BCUT2D eigenvalue weighted by Crippen LogP contribution is 2.32. The maximum Gasteiger partial charge on any atom is 0.230 e. The van der Waals surface area contributed by atoms with E-state index < -0.39 is 23.9 Å². The summed E-state index contributed by atoms with van der Waals surface area (Å²) in [6.07, 6.45) is -0.236. The molecule has 25 heavy (non-hydrogen) atoms. The fraction of sp³-hybridized carbons (Fsp3) is 0.600. The summed E-state index contributed by atoms with van der Waals surface area (Å²) in [6, 6.07) is 0. The van der Waals surface area contributed by atoms with Crippen LogP contribution in [0.25, 0.3) is 11.2 Å². The average molecular weight is 370 g/mol. The van der Waals surface area contributed by atoms with Crippen LogP contribution in [0.1, 0.15) is 33.4 Å². The number of rotatable bonds is 3. The summed E-state index contributed by atoms with van der Waals surface area (Å²) in [5, 5.41) is 21.8. The Morgan fingerprint density at radius 2 is 2.20 bits per heavy atom. The molecule has 3 rings (SSSR count). The van der Waals surface area contributed by atoms with E-state index in [9.17, 15) is 15.0 Å². The molecule has 0 aliphatic carbocycles. The third-order valence-electron chi connectivity index (χ3n) is 4.00. The first-order chi connectivity index (χ1) is 11.7. The second-order valence-corrected chi connectivity index (χ2v) is 7.32. The molecule has 0 spiro atoms. The molecule has 136 valence electrons. The van der Waals surface area contributed by atoms with Gasteiger partial charge in [0.25, 0.3) is 0 Å². The van der Waals surface area contributed by atoms with Gasteiger partial charge in [-0.25, -0.2) is 4.98 Å². The lowest BCUT2D eigenvalue weighted by atomic mass is 9.96. The van der Waals surface area contributed by atoms with Crippen LogP contribution in [0.15, 0.2) is 6.33 Å². The number of aliphatic hydroxyl groups excluding tert-OH is 2. The molecule has 0 saturated carbocycles. The van der Waals surface area contributed by atoms with Gasteiger partial charge in [-0.2, -0.15) is 9.97 Å². The number of carbonyl (C=O) groups is 1. The van der Waals surface area contributed by atoms with Crippen molar-refractivity contribution in [2.45, 2.75) is 45.6 Å². The van der Waals surface area contributed by atoms with Crippen molar-refractivity contribution in [1.29, 1.82) is 0 Å². The van der Waals surface area contributed by atoms with Crippen molar-refractivity contribution in [3.63, 3.8) is 0 Å². The minimum atomic E-state index is -0.787. The number of aliphatic hydroxyl groups is 2. The zero-order chi connectivity index (χ0) is 18.4. The molecule has 1 amide bonds. The van der Waals surface area contributed by atoms with Crippen molar-refractivity contribution in [3.05, 3.63) is 11.6 Å². The molecule has 2 aromatic heterocycles. The van der Waals surface area contributed by atoms with Crippen LogP contribution in [-0.2, 0) is 9.53 Å². The molecule has 3 heterocycles. The number of hydrogen-bond donors (Lipinski definition) is 3. The molecule has 3 N–H and O–H groups in total. The van der Waals surface area contributed by atoms with E-state index in [1.165, 1.54) is 6.33 Å². The predicted octanol–water partition coefficient (Wildman–Crippen LogP) is 1.10. The summed E-state index contributed by atoms with van der Waals surface area (Å²) in [5.74, 6) is -0.0167. The molecule has 0 aromatic carbocycles. The lowest BCUT2D eigenvalue weighted by Crippen LogP contribution is -2.28. The van der Waals surface area contributed by atoms with Crippen LogP contribution in [0, 0.1) is 5.41 Å². The number of amides is 1. The normalized spacial score (nSPS) is 24.0. The first-order valence-electron chi connectivity index (χ1n) is 7.86. The topological polar surface area (TPSA) is 122 Å². The van der Waals surface area contributed by atoms with Crippen molar-refractivity contribution >= 4 is 34.5 Å². The van der Waals surface area contributed by atoms with E-state index in [4.69, 9.17) is 16.3 Å². The Bertz CT molecular complexity index is 803. The van der Waals surface area contributed by atoms with Crippen molar-refractivity contribution < 1.29 is 19.7 Å². The van der Waals surface area contributed by atoms with E-state index in [-0.39, 0.29) is 30.0 Å². The molecule has 2 aromatic rings. The van der Waals surface area contributed by atoms with Crippen LogP contribution >= 0.6 is 11.6 Å². The van der Waals surface area contributed by atoms with Crippen molar-refractivity contribution in [2.75, 3.05) is 11.9 Å². The Morgan fingerprint density at radius 1 is 1.48 bits per heavy atom. The summed E-state index contributed by atoms with van der Waals surface area (Å²) in [7, 11) is 0. The summed E-state index contributed by atoms with van der Waals surface area (Å²) < 4.78 is 7.23. The van der Waals surface area contributed by atoms with Gasteiger partial charge in [-0.05, 0) is 11.6 Å². The zero-order valence-corrected chi connectivity index (χ0v) is 14.9. The van der Waals surface area contributed by atoms with Gasteiger partial charge in [-0.3, -0.25) is 9.36 Å². The van der Waals surface area contributed by atoms with Gasteiger partial charge < -0.3 is 20.3 Å². The maximum atomic E-state index is 12.2. The molecular weight excluding hydrogens is 350 g/mol. The molecule has 3 atom stereocenters. The standard InChI is InChI=1S/C15H20ClN5O4/c1-15(2,3)13(24)18-11-10-12(20-14(16)19-11)21(6-17-10)9-4-7(23)8(5-22)25-9/h6-9,22-23H,4-5H2,1-3H3,(H,18,19,20,24)/t7-,8+,9+/m0/s1. The number of nitrogens with zero attached hydrogens (tertiary/aromatic N) is 4. The predicted molar refractivity (Wildman–Crippen MR) is 90.0 cm³/mol. The molecule has 0 bridgehead atoms. The maximum absolute atomic E-state index is 12.2. The number of aromatic nitrogens is 4. The van der Waals surface area contributed by atoms with E-state index in [0.29, 0.717) is 11.2 Å². The number of ether oxygens (including phenoxy) is 1. The number of nitrogens with one attached hydrogen (secondary N) is 1. The first-order valence-corrected chi connectivity index (χ1v) is 8.24. The molecule has 0 radical (unpaired) electrons. The van der Waals surface area contributed by atoms with Crippen molar-refractivity contribution in [1.82, 2.24) is 19.5 Å². The third-order valence-corrected chi connectivity index (χ3v) is 4.17. The van der Waals surface area contributed by atoms with Crippen LogP contribution in [0.5, 0.6) is 0 Å². The van der Waals surface area contributed by atoms with Gasteiger partial charge in [-0.15, -0.1) is 0 Å². The number of anilines is 1. The molecule has 0 unspecified atom stereocenters. The summed E-state index contributed by atoms with van der Waals surface area (Å²) in [5.41, 5.74) is 0.131. The molecular formula is C15H20ClN5O4. The van der Waals surface area contributed by atoms with Gasteiger partial charge in [0.05, 0.1) is 19.0 Å². The highest BCUT2D eigenvalue weighted by molar-refractivity contribution is 6.28. The smallest absolute Gasteiger partial charge is 0.230 e. The average Bonchev–Trinajstić information content (AvgIpc) is 3.09. The quantitative estimate of drug-likeness (QED) is 0.692. The number of hydrogen-bond acceptors (Lipinski definition) is 7. The largest absolute Gasteiger partial charge is 0.394 e. The number of carbonyl (C=O) groups excluding carboxylic acids is 1. The van der Waals surface area contributed by atoms with E-state index in [0.717, 1.165) is 0 Å². The second-order valence-electron chi connectivity index (χ2n) is 6.98. The van der Waals surface area contributed by atoms with Crippen LogP contribution in [0.3, 0.4) is 0 Å². The first kappa shape index (κ1) is 18.0. The van der Waals surface area contributed by atoms with Crippen molar-refractivity contribution in [3.8, 4) is 0 Å². The van der Waals surface area contributed by atoms with Crippen LogP contribution < -0.4 is 5.32 Å². The van der Waals surface area contributed by atoms with Gasteiger partial charge in [0.2, 0.25) is 11.2 Å².